The summed E-state index contributed by atoms with van der Waals surface area (Å²) in [4.78, 5) is 7.23. The number of aromatic nitrogens is 4. The van der Waals surface area contributed by atoms with Crippen molar-refractivity contribution in [1.29, 1.82) is 0 Å². The van der Waals surface area contributed by atoms with Crippen LogP contribution >= 0.6 is 0 Å². The lowest BCUT2D eigenvalue weighted by Gasteiger charge is -2.05. The number of nitrogens with zero attached hydrogens (tertiary/aromatic N) is 2. The third-order valence-corrected chi connectivity index (χ3v) is 4.03. The SMILES string of the molecule is COc1ccc(-c2cc(-c3nc4ccc(C(F)(F)F)cc4[nH]3)[nH]n2)cc1. The molecule has 0 atom stereocenters. The van der Waals surface area contributed by atoms with Gasteiger partial charge in [0, 0.05) is 5.56 Å². The minimum atomic E-state index is -4.39. The molecule has 0 saturated heterocycles. The summed E-state index contributed by atoms with van der Waals surface area (Å²) in [5.74, 6) is 1.16. The number of aromatic amines is 2. The van der Waals surface area contributed by atoms with E-state index in [9.17, 15) is 13.2 Å². The molecule has 0 aliphatic heterocycles. The number of nitrogens with one attached hydrogen (secondary N) is 2. The van der Waals surface area contributed by atoms with Gasteiger partial charge in [-0.05, 0) is 48.5 Å². The lowest BCUT2D eigenvalue weighted by Crippen LogP contribution is -2.04. The van der Waals surface area contributed by atoms with Gasteiger partial charge in [0.2, 0.25) is 0 Å². The summed E-state index contributed by atoms with van der Waals surface area (Å²) < 4.78 is 43.6. The largest absolute Gasteiger partial charge is 0.497 e. The predicted octanol–water partition coefficient (Wildman–Crippen LogP) is 4.65. The first-order chi connectivity index (χ1) is 12.4. The molecule has 0 unspecified atom stereocenters. The molecule has 2 aromatic carbocycles. The lowest BCUT2D eigenvalue weighted by atomic mass is 10.1. The van der Waals surface area contributed by atoms with Crippen LogP contribution in [0, 0.1) is 0 Å². The molecule has 0 spiro atoms. The zero-order valence-electron chi connectivity index (χ0n) is 13.6. The van der Waals surface area contributed by atoms with Gasteiger partial charge >= 0.3 is 6.18 Å². The monoisotopic (exact) mass is 358 g/mol. The molecule has 132 valence electrons. The van der Waals surface area contributed by atoms with Gasteiger partial charge in [0.15, 0.2) is 5.82 Å². The van der Waals surface area contributed by atoms with Crippen LogP contribution in [-0.4, -0.2) is 27.3 Å². The molecular formula is C18H13F3N4O. The Labute approximate surface area is 145 Å². The number of halogens is 3. The summed E-state index contributed by atoms with van der Waals surface area (Å²) in [7, 11) is 1.59. The number of ether oxygens (including phenoxy) is 1. The van der Waals surface area contributed by atoms with E-state index in [1.54, 1.807) is 13.2 Å². The van der Waals surface area contributed by atoms with Gasteiger partial charge < -0.3 is 9.72 Å². The van der Waals surface area contributed by atoms with Crippen molar-refractivity contribution in [3.63, 3.8) is 0 Å². The van der Waals surface area contributed by atoms with E-state index in [-0.39, 0.29) is 0 Å². The van der Waals surface area contributed by atoms with Crippen molar-refractivity contribution in [1.82, 2.24) is 20.2 Å². The summed E-state index contributed by atoms with van der Waals surface area (Å²) in [5, 5.41) is 7.10. The molecule has 4 rings (SSSR count). The van der Waals surface area contributed by atoms with Crippen LogP contribution in [0.1, 0.15) is 5.56 Å². The standard InChI is InChI=1S/C18H13F3N4O/c1-26-12-5-2-10(3-6-12)14-9-16(25-24-14)17-22-13-7-4-11(18(19,20)21)8-15(13)23-17/h2-9H,1H3,(H,22,23)(H,24,25). The third-order valence-electron chi connectivity index (χ3n) is 4.03. The number of methoxy groups -OCH3 is 1. The highest BCUT2D eigenvalue weighted by Gasteiger charge is 2.30. The minimum absolute atomic E-state index is 0.315. The maximum Gasteiger partial charge on any atom is 0.416 e. The average molecular weight is 358 g/mol. The molecular weight excluding hydrogens is 345 g/mol. The number of fused-ring (bicyclic) bond motifs is 1. The Morgan fingerprint density at radius 2 is 1.77 bits per heavy atom. The summed E-state index contributed by atoms with van der Waals surface area (Å²) >= 11 is 0. The third kappa shape index (κ3) is 2.90. The molecule has 0 bridgehead atoms. The van der Waals surface area contributed by atoms with Crippen molar-refractivity contribution in [2.75, 3.05) is 7.11 Å². The Hall–Kier alpha value is -3.29. The molecule has 26 heavy (non-hydrogen) atoms. The molecule has 0 aliphatic rings. The van der Waals surface area contributed by atoms with Gasteiger partial charge in [-0.1, -0.05) is 0 Å². The minimum Gasteiger partial charge on any atom is -0.497 e. The number of benzene rings is 2. The van der Waals surface area contributed by atoms with Gasteiger partial charge in [-0.25, -0.2) is 4.98 Å². The Balaban J connectivity index is 1.68. The van der Waals surface area contributed by atoms with E-state index in [4.69, 9.17) is 4.74 Å². The van der Waals surface area contributed by atoms with Crippen LogP contribution < -0.4 is 4.74 Å². The molecule has 0 fully saturated rings. The van der Waals surface area contributed by atoms with Crippen LogP contribution in [0.5, 0.6) is 5.75 Å². The maximum atomic E-state index is 12.8. The van der Waals surface area contributed by atoms with Crippen molar-refractivity contribution in [3.05, 3.63) is 54.1 Å². The Morgan fingerprint density at radius 1 is 1.00 bits per heavy atom. The van der Waals surface area contributed by atoms with Crippen molar-refractivity contribution in [2.24, 2.45) is 0 Å². The molecule has 0 radical (unpaired) electrons. The zero-order chi connectivity index (χ0) is 18.3. The van der Waals surface area contributed by atoms with Gasteiger partial charge in [-0.15, -0.1) is 0 Å². The zero-order valence-corrected chi connectivity index (χ0v) is 13.6. The van der Waals surface area contributed by atoms with Crippen molar-refractivity contribution in [3.8, 4) is 28.5 Å². The van der Waals surface area contributed by atoms with Crippen molar-refractivity contribution in [2.45, 2.75) is 6.18 Å². The fourth-order valence-electron chi connectivity index (χ4n) is 2.67. The summed E-state index contributed by atoms with van der Waals surface area (Å²) in [6.45, 7) is 0. The Morgan fingerprint density at radius 3 is 2.46 bits per heavy atom. The van der Waals surface area contributed by atoms with Crippen LogP contribution in [0.2, 0.25) is 0 Å². The van der Waals surface area contributed by atoms with Crippen LogP contribution in [0.15, 0.2) is 48.5 Å². The summed E-state index contributed by atoms with van der Waals surface area (Å²) in [6.07, 6.45) is -4.39. The van der Waals surface area contributed by atoms with Gasteiger partial charge in [-0.2, -0.15) is 18.3 Å². The van der Waals surface area contributed by atoms with E-state index >= 15 is 0 Å². The molecule has 0 amide bonds. The number of imidazole rings is 1. The highest BCUT2D eigenvalue weighted by molar-refractivity contribution is 5.80. The number of hydrogen-bond donors (Lipinski definition) is 2. The first kappa shape index (κ1) is 16.2. The second-order valence-corrected chi connectivity index (χ2v) is 5.71. The smallest absolute Gasteiger partial charge is 0.416 e. The first-order valence-electron chi connectivity index (χ1n) is 7.71. The number of rotatable bonds is 3. The van der Waals surface area contributed by atoms with E-state index in [1.165, 1.54) is 6.07 Å². The van der Waals surface area contributed by atoms with E-state index in [2.05, 4.69) is 20.2 Å². The fourth-order valence-corrected chi connectivity index (χ4v) is 2.67. The van der Waals surface area contributed by atoms with E-state index in [1.807, 2.05) is 24.3 Å². The van der Waals surface area contributed by atoms with Gasteiger partial charge in [0.25, 0.3) is 0 Å². The highest BCUT2D eigenvalue weighted by atomic mass is 19.4. The van der Waals surface area contributed by atoms with Crippen LogP contribution in [0.25, 0.3) is 33.8 Å². The average Bonchev–Trinajstić information content (AvgIpc) is 3.27. The van der Waals surface area contributed by atoms with Crippen molar-refractivity contribution >= 4 is 11.0 Å². The van der Waals surface area contributed by atoms with E-state index < -0.39 is 11.7 Å². The molecule has 0 aliphatic carbocycles. The highest BCUT2D eigenvalue weighted by Crippen LogP contribution is 2.32. The van der Waals surface area contributed by atoms with Crippen LogP contribution in [0.4, 0.5) is 13.2 Å². The second kappa shape index (κ2) is 5.91. The molecule has 0 saturated carbocycles. The maximum absolute atomic E-state index is 12.8. The van der Waals surface area contributed by atoms with Crippen molar-refractivity contribution < 1.29 is 17.9 Å². The van der Waals surface area contributed by atoms with Crippen LogP contribution in [-0.2, 0) is 6.18 Å². The number of H-pyrrole nitrogens is 2. The molecule has 8 heteroatoms. The quantitative estimate of drug-likeness (QED) is 0.560. The Kier molecular flexibility index (Phi) is 3.68. The lowest BCUT2D eigenvalue weighted by molar-refractivity contribution is -0.137. The van der Waals surface area contributed by atoms with Gasteiger partial charge in [-0.3, -0.25) is 5.10 Å². The molecule has 4 aromatic rings. The normalized spacial score (nSPS) is 11.8. The number of alkyl halides is 3. The molecule has 2 heterocycles. The second-order valence-electron chi connectivity index (χ2n) is 5.71. The van der Waals surface area contributed by atoms with Crippen LogP contribution in [0.3, 0.4) is 0 Å². The summed E-state index contributed by atoms with van der Waals surface area (Å²) in [5.41, 5.74) is 2.20. The summed E-state index contributed by atoms with van der Waals surface area (Å²) in [6, 6.07) is 12.6. The topological polar surface area (TPSA) is 66.6 Å². The number of hydrogen-bond acceptors (Lipinski definition) is 3. The van der Waals surface area contributed by atoms with E-state index in [0.717, 1.165) is 23.4 Å². The first-order valence-corrected chi connectivity index (χ1v) is 7.71. The molecule has 5 nitrogen and oxygen atoms in total. The van der Waals surface area contributed by atoms with E-state index in [0.29, 0.717) is 28.2 Å². The van der Waals surface area contributed by atoms with Gasteiger partial charge in [0.05, 0.1) is 29.4 Å². The molecule has 2 aromatic heterocycles. The molecule has 2 N–H and O–H groups in total. The van der Waals surface area contributed by atoms with Gasteiger partial charge in [0.1, 0.15) is 11.4 Å². The predicted molar refractivity (Wildman–Crippen MR) is 90.7 cm³/mol. The fraction of sp³-hybridized carbons (Fsp3) is 0.111. The Bertz CT molecular complexity index is 1060.